The fourth-order valence-electron chi connectivity index (χ4n) is 2.90. The van der Waals surface area contributed by atoms with E-state index in [4.69, 9.17) is 16.3 Å². The van der Waals surface area contributed by atoms with Crippen molar-refractivity contribution >= 4 is 22.5 Å². The molecule has 5 heteroatoms. The van der Waals surface area contributed by atoms with E-state index in [1.165, 1.54) is 5.56 Å². The van der Waals surface area contributed by atoms with Crippen molar-refractivity contribution < 1.29 is 4.74 Å². The molecule has 0 radical (unpaired) electrons. The molecule has 3 aromatic rings. The number of nitrogens with one attached hydrogen (secondary N) is 1. The number of aromatic nitrogens is 2. The van der Waals surface area contributed by atoms with Gasteiger partial charge in [-0.25, -0.2) is 4.98 Å². The van der Waals surface area contributed by atoms with Gasteiger partial charge in [-0.2, -0.15) is 0 Å². The summed E-state index contributed by atoms with van der Waals surface area (Å²) in [6, 6.07) is 14.1. The van der Waals surface area contributed by atoms with Crippen molar-refractivity contribution in [1.82, 2.24) is 15.3 Å². The van der Waals surface area contributed by atoms with Gasteiger partial charge in [-0.05, 0) is 35.9 Å². The first kappa shape index (κ1) is 14.4. The first-order valence-corrected chi connectivity index (χ1v) is 8.04. The number of rotatable bonds is 3. The maximum Gasteiger partial charge on any atom is 0.142 e. The van der Waals surface area contributed by atoms with Gasteiger partial charge in [0.05, 0.1) is 23.9 Å². The number of ether oxygens (including phenoxy) is 1. The van der Waals surface area contributed by atoms with Crippen LogP contribution in [-0.2, 0) is 6.54 Å². The molecule has 1 N–H and O–H groups in total. The number of halogens is 1. The maximum absolute atomic E-state index is 5.98. The smallest absolute Gasteiger partial charge is 0.142 e. The summed E-state index contributed by atoms with van der Waals surface area (Å²) in [7, 11) is 0. The van der Waals surface area contributed by atoms with Crippen molar-refractivity contribution in [2.45, 2.75) is 19.0 Å². The molecule has 0 spiro atoms. The van der Waals surface area contributed by atoms with E-state index in [1.807, 2.05) is 30.5 Å². The summed E-state index contributed by atoms with van der Waals surface area (Å²) in [5, 5.41) is 5.18. The molecule has 1 unspecified atom stereocenters. The second kappa shape index (κ2) is 6.14. The lowest BCUT2D eigenvalue weighted by Gasteiger charge is -2.25. The van der Waals surface area contributed by atoms with Crippen molar-refractivity contribution in [3.8, 4) is 5.75 Å². The number of nitrogens with zero attached hydrogens (tertiary/aromatic N) is 2. The fourth-order valence-corrected chi connectivity index (χ4v) is 3.05. The Morgan fingerprint density at radius 2 is 2.13 bits per heavy atom. The van der Waals surface area contributed by atoms with Crippen LogP contribution in [0.3, 0.4) is 0 Å². The normalized spacial score (nSPS) is 16.8. The Bertz CT molecular complexity index is 853. The molecule has 3 heterocycles. The predicted octanol–water partition coefficient (Wildman–Crippen LogP) is 3.90. The minimum atomic E-state index is 0.211. The zero-order chi connectivity index (χ0) is 15.6. The number of fused-ring (bicyclic) bond motifs is 2. The van der Waals surface area contributed by atoms with Crippen molar-refractivity contribution in [2.75, 3.05) is 6.61 Å². The average Bonchev–Trinajstić information content (AvgIpc) is 2.59. The number of hydrogen-bond donors (Lipinski definition) is 1. The Labute approximate surface area is 139 Å². The standard InChI is InChI=1S/C18H16ClN3O/c19-17-6-5-13-4-3-12(10-15(13)22-17)11-21-14-7-9-23-16-2-1-8-20-18(14)16/h1-6,8,10,14,21H,7,9,11H2. The highest BCUT2D eigenvalue weighted by Crippen LogP contribution is 2.29. The predicted molar refractivity (Wildman–Crippen MR) is 90.7 cm³/mol. The highest BCUT2D eigenvalue weighted by atomic mass is 35.5. The SMILES string of the molecule is Clc1ccc2ccc(CNC3CCOc4cccnc43)cc2n1. The van der Waals surface area contributed by atoms with E-state index in [1.54, 1.807) is 0 Å². The monoisotopic (exact) mass is 325 g/mol. The lowest BCUT2D eigenvalue weighted by Crippen LogP contribution is -2.27. The molecule has 23 heavy (non-hydrogen) atoms. The fraction of sp³-hybridized carbons (Fsp3) is 0.222. The molecule has 0 fully saturated rings. The summed E-state index contributed by atoms with van der Waals surface area (Å²) in [6.45, 7) is 1.47. The van der Waals surface area contributed by atoms with Crippen molar-refractivity contribution in [3.63, 3.8) is 0 Å². The molecule has 1 aliphatic heterocycles. The van der Waals surface area contributed by atoms with E-state index in [0.717, 1.165) is 35.3 Å². The third kappa shape index (κ3) is 3.00. The topological polar surface area (TPSA) is 47.0 Å². The van der Waals surface area contributed by atoms with Crippen LogP contribution in [-0.4, -0.2) is 16.6 Å². The molecule has 116 valence electrons. The summed E-state index contributed by atoms with van der Waals surface area (Å²) in [5.74, 6) is 0.878. The van der Waals surface area contributed by atoms with Crippen LogP contribution in [0.15, 0.2) is 48.7 Å². The van der Waals surface area contributed by atoms with Gasteiger partial charge in [-0.3, -0.25) is 4.98 Å². The third-order valence-corrected chi connectivity index (χ3v) is 4.28. The molecule has 1 atom stereocenters. The number of pyridine rings is 2. The molecule has 0 amide bonds. The Morgan fingerprint density at radius 1 is 1.22 bits per heavy atom. The van der Waals surface area contributed by atoms with Gasteiger partial charge in [0.25, 0.3) is 0 Å². The lowest BCUT2D eigenvalue weighted by molar-refractivity contribution is 0.247. The van der Waals surface area contributed by atoms with E-state index >= 15 is 0 Å². The molecule has 2 aromatic heterocycles. The second-order valence-corrected chi connectivity index (χ2v) is 6.01. The summed E-state index contributed by atoms with van der Waals surface area (Å²) >= 11 is 5.98. The highest BCUT2D eigenvalue weighted by molar-refractivity contribution is 6.29. The molecule has 0 bridgehead atoms. The Hall–Kier alpha value is -2.17. The molecule has 4 nitrogen and oxygen atoms in total. The van der Waals surface area contributed by atoms with E-state index in [9.17, 15) is 0 Å². The number of hydrogen-bond acceptors (Lipinski definition) is 4. The van der Waals surface area contributed by atoms with Gasteiger partial charge in [0.1, 0.15) is 10.9 Å². The van der Waals surface area contributed by atoms with Crippen LogP contribution >= 0.6 is 11.6 Å². The van der Waals surface area contributed by atoms with E-state index < -0.39 is 0 Å². The van der Waals surface area contributed by atoms with Crippen LogP contribution in [0.4, 0.5) is 0 Å². The van der Waals surface area contributed by atoms with E-state index in [2.05, 4.69) is 33.5 Å². The molecule has 4 rings (SSSR count). The quantitative estimate of drug-likeness (QED) is 0.742. The Balaban J connectivity index is 1.53. The first-order valence-electron chi connectivity index (χ1n) is 7.66. The van der Waals surface area contributed by atoms with Crippen LogP contribution in [0.1, 0.15) is 23.7 Å². The lowest BCUT2D eigenvalue weighted by atomic mass is 10.1. The van der Waals surface area contributed by atoms with Gasteiger partial charge in [-0.1, -0.05) is 23.7 Å². The van der Waals surface area contributed by atoms with Gasteiger partial charge < -0.3 is 10.1 Å². The van der Waals surface area contributed by atoms with Crippen LogP contribution in [0.25, 0.3) is 10.9 Å². The van der Waals surface area contributed by atoms with Gasteiger partial charge in [-0.15, -0.1) is 0 Å². The minimum Gasteiger partial charge on any atom is -0.492 e. The molecular weight excluding hydrogens is 310 g/mol. The van der Waals surface area contributed by atoms with E-state index in [0.29, 0.717) is 11.8 Å². The molecule has 0 aliphatic carbocycles. The zero-order valence-corrected chi connectivity index (χ0v) is 13.3. The Morgan fingerprint density at radius 3 is 3.09 bits per heavy atom. The molecule has 0 saturated carbocycles. The van der Waals surface area contributed by atoms with Gasteiger partial charge in [0.2, 0.25) is 0 Å². The van der Waals surface area contributed by atoms with Gasteiger partial charge in [0, 0.05) is 24.5 Å². The second-order valence-electron chi connectivity index (χ2n) is 5.62. The summed E-state index contributed by atoms with van der Waals surface area (Å²) in [5.41, 5.74) is 3.08. The van der Waals surface area contributed by atoms with Crippen LogP contribution in [0.5, 0.6) is 5.75 Å². The zero-order valence-electron chi connectivity index (χ0n) is 12.5. The van der Waals surface area contributed by atoms with Crippen LogP contribution in [0.2, 0.25) is 5.15 Å². The van der Waals surface area contributed by atoms with Gasteiger partial charge >= 0.3 is 0 Å². The van der Waals surface area contributed by atoms with Crippen molar-refractivity contribution in [3.05, 3.63) is 65.1 Å². The first-order chi connectivity index (χ1) is 11.3. The van der Waals surface area contributed by atoms with E-state index in [-0.39, 0.29) is 6.04 Å². The minimum absolute atomic E-state index is 0.211. The maximum atomic E-state index is 5.98. The highest BCUT2D eigenvalue weighted by Gasteiger charge is 2.21. The molecule has 1 aliphatic rings. The molecule has 1 aromatic carbocycles. The summed E-state index contributed by atoms with van der Waals surface area (Å²) in [6.07, 6.45) is 2.73. The van der Waals surface area contributed by atoms with Crippen LogP contribution in [0, 0.1) is 0 Å². The Kier molecular flexibility index (Phi) is 3.85. The molecule has 0 saturated heterocycles. The number of benzene rings is 1. The van der Waals surface area contributed by atoms with Gasteiger partial charge in [0.15, 0.2) is 0 Å². The molecular formula is C18H16ClN3O. The summed E-state index contributed by atoms with van der Waals surface area (Å²) in [4.78, 5) is 8.83. The summed E-state index contributed by atoms with van der Waals surface area (Å²) < 4.78 is 5.65. The van der Waals surface area contributed by atoms with Crippen LogP contribution < -0.4 is 10.1 Å². The third-order valence-electron chi connectivity index (χ3n) is 4.07. The van der Waals surface area contributed by atoms with Crippen molar-refractivity contribution in [2.24, 2.45) is 0 Å². The largest absolute Gasteiger partial charge is 0.492 e. The average molecular weight is 326 g/mol. The van der Waals surface area contributed by atoms with Crippen molar-refractivity contribution in [1.29, 1.82) is 0 Å².